The minimum Gasteiger partial charge on any atom is -0.493 e. The number of halogens is 1. The third-order valence-corrected chi connectivity index (χ3v) is 5.11. The Labute approximate surface area is 166 Å². The van der Waals surface area contributed by atoms with E-state index < -0.39 is 12.1 Å². The summed E-state index contributed by atoms with van der Waals surface area (Å²) in [5.74, 6) is 2.01. The summed E-state index contributed by atoms with van der Waals surface area (Å²) in [6.45, 7) is 0.412. The average Bonchev–Trinajstić information content (AvgIpc) is 2.64. The Morgan fingerprint density at radius 2 is 1.67 bits per heavy atom. The van der Waals surface area contributed by atoms with Gasteiger partial charge in [-0.15, -0.1) is 12.4 Å². The molecule has 0 radical (unpaired) electrons. The van der Waals surface area contributed by atoms with Crippen LogP contribution in [0.15, 0.2) is 42.5 Å². The number of rotatable bonds is 8. The van der Waals surface area contributed by atoms with Crippen molar-refractivity contribution < 1.29 is 19.3 Å². The summed E-state index contributed by atoms with van der Waals surface area (Å²) in [6.07, 6.45) is 2.59. The highest BCUT2D eigenvalue weighted by Crippen LogP contribution is 2.41. The van der Waals surface area contributed by atoms with Gasteiger partial charge in [-0.1, -0.05) is 36.8 Å². The number of ether oxygens (including phenoxy) is 3. The summed E-state index contributed by atoms with van der Waals surface area (Å²) < 4.78 is 16.8. The Bertz CT molecular complexity index is 722. The van der Waals surface area contributed by atoms with E-state index in [-0.39, 0.29) is 18.3 Å². The van der Waals surface area contributed by atoms with E-state index in [0.29, 0.717) is 23.9 Å². The molecular formula is C21H28ClNO4. The van der Waals surface area contributed by atoms with Crippen molar-refractivity contribution in [2.45, 2.75) is 38.0 Å². The summed E-state index contributed by atoms with van der Waals surface area (Å²) in [5.41, 5.74) is 8.20. The Balaban J connectivity index is 0.00000261. The van der Waals surface area contributed by atoms with Crippen molar-refractivity contribution in [3.8, 4) is 17.2 Å². The molecule has 2 aromatic rings. The van der Waals surface area contributed by atoms with E-state index in [9.17, 15) is 5.11 Å². The normalized spacial score (nSPS) is 15.9. The maximum atomic E-state index is 10.6. The Morgan fingerprint density at radius 1 is 1.04 bits per heavy atom. The van der Waals surface area contributed by atoms with Gasteiger partial charge in [-0.2, -0.15) is 0 Å². The Kier molecular flexibility index (Phi) is 7.78. The van der Waals surface area contributed by atoms with Crippen LogP contribution in [0.5, 0.6) is 17.2 Å². The largest absolute Gasteiger partial charge is 0.493 e. The van der Waals surface area contributed by atoms with Crippen molar-refractivity contribution >= 4 is 12.4 Å². The van der Waals surface area contributed by atoms with Crippen molar-refractivity contribution in [1.29, 1.82) is 0 Å². The first-order valence-corrected chi connectivity index (χ1v) is 9.00. The lowest BCUT2D eigenvalue weighted by Crippen LogP contribution is -2.36. The van der Waals surface area contributed by atoms with Gasteiger partial charge in [-0.3, -0.25) is 0 Å². The number of nitrogens with two attached hydrogens (primary N) is 1. The highest BCUT2D eigenvalue weighted by atomic mass is 35.5. The number of aliphatic hydroxyl groups is 1. The molecule has 0 amide bonds. The molecule has 0 spiro atoms. The molecule has 0 bridgehead atoms. The Hall–Kier alpha value is -1.95. The van der Waals surface area contributed by atoms with Gasteiger partial charge in [0.25, 0.3) is 0 Å². The SMILES string of the molecule is COc1cc(OCc2ccccc2)c([C@H](N)[C@H](O)C2CCC2)cc1OC.Cl. The third kappa shape index (κ3) is 4.86. The van der Waals surface area contributed by atoms with Crippen LogP contribution in [0, 0.1) is 5.92 Å². The first kappa shape index (κ1) is 21.4. The fraction of sp³-hybridized carbons (Fsp3) is 0.429. The molecule has 148 valence electrons. The monoisotopic (exact) mass is 393 g/mol. The summed E-state index contributed by atoms with van der Waals surface area (Å²) in [5, 5.41) is 10.6. The van der Waals surface area contributed by atoms with Crippen LogP contribution >= 0.6 is 12.4 Å². The summed E-state index contributed by atoms with van der Waals surface area (Å²) in [6, 6.07) is 13.0. The average molecular weight is 394 g/mol. The van der Waals surface area contributed by atoms with Crippen LogP contribution in [0.4, 0.5) is 0 Å². The first-order chi connectivity index (χ1) is 12.6. The lowest BCUT2D eigenvalue weighted by molar-refractivity contribution is 0.0404. The molecule has 5 nitrogen and oxygen atoms in total. The molecule has 2 aromatic carbocycles. The molecule has 0 unspecified atom stereocenters. The fourth-order valence-electron chi connectivity index (χ4n) is 3.26. The lowest BCUT2D eigenvalue weighted by Gasteiger charge is -2.34. The quantitative estimate of drug-likeness (QED) is 0.712. The predicted octanol–water partition coefficient (Wildman–Crippen LogP) is 3.87. The van der Waals surface area contributed by atoms with E-state index in [0.717, 1.165) is 30.4 Å². The Morgan fingerprint density at radius 3 is 2.22 bits per heavy atom. The molecule has 1 aliphatic rings. The molecule has 1 saturated carbocycles. The van der Waals surface area contributed by atoms with E-state index in [4.69, 9.17) is 19.9 Å². The van der Waals surface area contributed by atoms with Crippen molar-refractivity contribution in [2.75, 3.05) is 14.2 Å². The molecule has 3 rings (SSSR count). The van der Waals surface area contributed by atoms with Gasteiger partial charge >= 0.3 is 0 Å². The molecule has 0 aliphatic heterocycles. The molecule has 2 atom stereocenters. The minimum absolute atomic E-state index is 0. The molecule has 27 heavy (non-hydrogen) atoms. The lowest BCUT2D eigenvalue weighted by atomic mass is 9.77. The smallest absolute Gasteiger partial charge is 0.164 e. The second kappa shape index (κ2) is 9.83. The van der Waals surface area contributed by atoms with Crippen LogP contribution in [0.25, 0.3) is 0 Å². The number of benzene rings is 2. The molecule has 0 aromatic heterocycles. The molecule has 0 saturated heterocycles. The van der Waals surface area contributed by atoms with Gasteiger partial charge in [0.05, 0.1) is 26.4 Å². The molecule has 3 N–H and O–H groups in total. The maximum Gasteiger partial charge on any atom is 0.164 e. The molecular weight excluding hydrogens is 366 g/mol. The zero-order chi connectivity index (χ0) is 18.5. The van der Waals surface area contributed by atoms with E-state index in [1.807, 2.05) is 36.4 Å². The van der Waals surface area contributed by atoms with Crippen LogP contribution in [0.2, 0.25) is 0 Å². The van der Waals surface area contributed by atoms with Crippen molar-refractivity contribution in [3.05, 3.63) is 53.6 Å². The number of aliphatic hydroxyl groups excluding tert-OH is 1. The molecule has 1 fully saturated rings. The predicted molar refractivity (Wildman–Crippen MR) is 108 cm³/mol. The van der Waals surface area contributed by atoms with Crippen molar-refractivity contribution in [2.24, 2.45) is 11.7 Å². The number of hydrogen-bond donors (Lipinski definition) is 2. The van der Waals surface area contributed by atoms with E-state index in [2.05, 4.69) is 0 Å². The van der Waals surface area contributed by atoms with E-state index in [1.54, 1.807) is 20.3 Å². The summed E-state index contributed by atoms with van der Waals surface area (Å²) >= 11 is 0. The van der Waals surface area contributed by atoms with E-state index in [1.165, 1.54) is 0 Å². The zero-order valence-electron chi connectivity index (χ0n) is 15.8. The van der Waals surface area contributed by atoms with Crippen LogP contribution in [-0.2, 0) is 6.61 Å². The van der Waals surface area contributed by atoms with Gasteiger partial charge in [0.2, 0.25) is 0 Å². The van der Waals surface area contributed by atoms with Gasteiger partial charge in [-0.25, -0.2) is 0 Å². The van der Waals surface area contributed by atoms with Gasteiger partial charge in [0, 0.05) is 11.6 Å². The maximum absolute atomic E-state index is 10.6. The van der Waals surface area contributed by atoms with Gasteiger partial charge in [-0.05, 0) is 30.4 Å². The highest BCUT2D eigenvalue weighted by molar-refractivity contribution is 5.85. The number of hydrogen-bond acceptors (Lipinski definition) is 5. The van der Waals surface area contributed by atoms with Crippen molar-refractivity contribution in [3.63, 3.8) is 0 Å². The van der Waals surface area contributed by atoms with Crippen LogP contribution in [0.3, 0.4) is 0 Å². The van der Waals surface area contributed by atoms with Crippen LogP contribution in [0.1, 0.15) is 36.4 Å². The highest BCUT2D eigenvalue weighted by Gasteiger charge is 2.32. The minimum atomic E-state index is -0.596. The van der Waals surface area contributed by atoms with Crippen molar-refractivity contribution in [1.82, 2.24) is 0 Å². The van der Waals surface area contributed by atoms with Gasteiger partial charge in [0.15, 0.2) is 11.5 Å². The van der Waals surface area contributed by atoms with Crippen LogP contribution in [-0.4, -0.2) is 25.4 Å². The van der Waals surface area contributed by atoms with Gasteiger partial charge < -0.3 is 25.1 Å². The standard InChI is InChI=1S/C21H27NO4.ClH/c1-24-18-11-16(20(22)21(23)15-9-6-10-15)17(12-19(18)25-2)26-13-14-7-4-3-5-8-14;/h3-5,7-8,11-12,15,20-21,23H,6,9-10,13,22H2,1-2H3;1H/t20-,21+;/m0./s1. The first-order valence-electron chi connectivity index (χ1n) is 9.00. The zero-order valence-corrected chi connectivity index (χ0v) is 16.6. The second-order valence-electron chi connectivity index (χ2n) is 6.73. The fourth-order valence-corrected chi connectivity index (χ4v) is 3.26. The van der Waals surface area contributed by atoms with Crippen LogP contribution < -0.4 is 19.9 Å². The summed E-state index contributed by atoms with van der Waals surface area (Å²) in [4.78, 5) is 0. The van der Waals surface area contributed by atoms with E-state index >= 15 is 0 Å². The molecule has 0 heterocycles. The number of methoxy groups -OCH3 is 2. The molecule has 1 aliphatic carbocycles. The topological polar surface area (TPSA) is 73.9 Å². The van der Waals surface area contributed by atoms with Gasteiger partial charge in [0.1, 0.15) is 12.4 Å². The third-order valence-electron chi connectivity index (χ3n) is 5.11. The molecule has 6 heteroatoms. The second-order valence-corrected chi connectivity index (χ2v) is 6.73. The summed E-state index contributed by atoms with van der Waals surface area (Å²) in [7, 11) is 3.17.